The third-order valence-corrected chi connectivity index (χ3v) is 6.58. The second-order valence-corrected chi connectivity index (χ2v) is 7.72. The second kappa shape index (κ2) is 4.11. The van der Waals surface area contributed by atoms with Crippen molar-refractivity contribution in [2.75, 3.05) is 0 Å². The Morgan fingerprint density at radius 1 is 1.38 bits per heavy atom. The van der Waals surface area contributed by atoms with Crippen LogP contribution in [0.15, 0.2) is 9.85 Å². The summed E-state index contributed by atoms with van der Waals surface area (Å²) in [5.41, 5.74) is 7.76. The van der Waals surface area contributed by atoms with Gasteiger partial charge in [0, 0.05) is 10.9 Å². The zero-order valence-corrected chi connectivity index (χ0v) is 12.0. The molecular formula is C13H18BrNS. The van der Waals surface area contributed by atoms with Crippen LogP contribution in [0.5, 0.6) is 0 Å². The highest BCUT2D eigenvalue weighted by molar-refractivity contribution is 9.11. The average Bonchev–Trinajstić information content (AvgIpc) is 2.91. The van der Waals surface area contributed by atoms with Crippen molar-refractivity contribution in [1.29, 1.82) is 0 Å². The van der Waals surface area contributed by atoms with E-state index in [1.165, 1.54) is 39.9 Å². The number of hydrogen-bond donors (Lipinski definition) is 1. The predicted molar refractivity (Wildman–Crippen MR) is 72.6 cm³/mol. The number of fused-ring (bicyclic) bond motifs is 1. The molecule has 3 heteroatoms. The molecule has 0 amide bonds. The molecule has 3 rings (SSSR count). The summed E-state index contributed by atoms with van der Waals surface area (Å²) >= 11 is 5.42. The summed E-state index contributed by atoms with van der Waals surface area (Å²) in [6.07, 6.45) is 5.71. The largest absolute Gasteiger partial charge is 0.323 e. The number of hydrogen-bond acceptors (Lipinski definition) is 2. The van der Waals surface area contributed by atoms with E-state index >= 15 is 0 Å². The molecule has 88 valence electrons. The molecule has 3 unspecified atom stereocenters. The Morgan fingerprint density at radius 2 is 2.00 bits per heavy atom. The highest BCUT2D eigenvalue weighted by Gasteiger charge is 2.53. The minimum Gasteiger partial charge on any atom is -0.323 e. The minimum atomic E-state index is 0.295. The molecule has 1 aromatic rings. The molecule has 1 nitrogen and oxygen atoms in total. The molecule has 3 atom stereocenters. The molecule has 1 heterocycles. The van der Waals surface area contributed by atoms with Gasteiger partial charge in [-0.05, 0) is 65.1 Å². The quantitative estimate of drug-likeness (QED) is 0.868. The summed E-state index contributed by atoms with van der Waals surface area (Å²) in [5, 5.41) is 0. The molecule has 1 aromatic heterocycles. The maximum Gasteiger partial charge on any atom is 0.0731 e. The molecular weight excluding hydrogens is 282 g/mol. The molecule has 2 saturated carbocycles. The molecule has 2 aliphatic rings. The van der Waals surface area contributed by atoms with Gasteiger partial charge in [-0.15, -0.1) is 11.3 Å². The van der Waals surface area contributed by atoms with Gasteiger partial charge in [-0.3, -0.25) is 0 Å². The van der Waals surface area contributed by atoms with Crippen molar-refractivity contribution >= 4 is 27.3 Å². The zero-order valence-electron chi connectivity index (χ0n) is 9.58. The molecule has 2 fully saturated rings. The first-order chi connectivity index (χ1) is 7.68. The van der Waals surface area contributed by atoms with Gasteiger partial charge >= 0.3 is 0 Å². The van der Waals surface area contributed by atoms with E-state index in [0.717, 1.165) is 17.8 Å². The Kier molecular flexibility index (Phi) is 2.89. The van der Waals surface area contributed by atoms with Crippen LogP contribution in [0.3, 0.4) is 0 Å². The number of nitrogens with two attached hydrogens (primary N) is 1. The Bertz CT molecular complexity index is 369. The second-order valence-electron chi connectivity index (χ2n) is 5.32. The molecule has 0 saturated heterocycles. The van der Waals surface area contributed by atoms with E-state index in [4.69, 9.17) is 5.73 Å². The third-order valence-electron chi connectivity index (χ3n) is 4.34. The first kappa shape index (κ1) is 11.2. The number of aryl methyl sites for hydroxylation is 1. The Morgan fingerprint density at radius 3 is 2.50 bits per heavy atom. The van der Waals surface area contributed by atoms with Crippen molar-refractivity contribution in [1.82, 2.24) is 0 Å². The van der Waals surface area contributed by atoms with Gasteiger partial charge in [-0.25, -0.2) is 0 Å². The van der Waals surface area contributed by atoms with Crippen molar-refractivity contribution in [2.45, 2.75) is 38.6 Å². The van der Waals surface area contributed by atoms with Crippen LogP contribution in [0.1, 0.15) is 42.2 Å². The molecule has 0 radical (unpaired) electrons. The van der Waals surface area contributed by atoms with Gasteiger partial charge in [0.05, 0.1) is 3.79 Å². The van der Waals surface area contributed by atoms with E-state index in [0.29, 0.717) is 6.04 Å². The van der Waals surface area contributed by atoms with Gasteiger partial charge in [0.2, 0.25) is 0 Å². The van der Waals surface area contributed by atoms with Crippen LogP contribution >= 0.6 is 27.3 Å². The lowest BCUT2D eigenvalue weighted by atomic mass is 10.0. The molecule has 16 heavy (non-hydrogen) atoms. The summed E-state index contributed by atoms with van der Waals surface area (Å²) in [5.74, 6) is 2.68. The van der Waals surface area contributed by atoms with E-state index in [1.54, 1.807) is 0 Å². The van der Waals surface area contributed by atoms with E-state index < -0.39 is 0 Å². The summed E-state index contributed by atoms with van der Waals surface area (Å²) in [6, 6.07) is 2.56. The van der Waals surface area contributed by atoms with Gasteiger partial charge in [0.1, 0.15) is 0 Å². The molecule has 2 aliphatic carbocycles. The summed E-state index contributed by atoms with van der Waals surface area (Å²) in [6.45, 7) is 2.15. The Hall–Kier alpha value is 0.140. The Balaban J connectivity index is 1.76. The smallest absolute Gasteiger partial charge is 0.0731 e. The predicted octanol–water partition coefficient (Wildman–Crippen LogP) is 4.26. The van der Waals surface area contributed by atoms with Crippen molar-refractivity contribution in [3.8, 4) is 0 Å². The lowest BCUT2D eigenvalue weighted by Gasteiger charge is -2.08. The third kappa shape index (κ3) is 1.77. The van der Waals surface area contributed by atoms with Gasteiger partial charge in [0.25, 0.3) is 0 Å². The van der Waals surface area contributed by atoms with Crippen LogP contribution in [-0.4, -0.2) is 0 Å². The van der Waals surface area contributed by atoms with E-state index in [9.17, 15) is 0 Å². The fourth-order valence-corrected chi connectivity index (χ4v) is 5.05. The highest BCUT2D eigenvalue weighted by atomic mass is 79.9. The van der Waals surface area contributed by atoms with Gasteiger partial charge < -0.3 is 5.73 Å². The van der Waals surface area contributed by atoms with Crippen LogP contribution in [0.4, 0.5) is 0 Å². The van der Waals surface area contributed by atoms with Crippen LogP contribution in [0.2, 0.25) is 0 Å². The highest BCUT2D eigenvalue weighted by Crippen LogP contribution is 2.60. The summed E-state index contributed by atoms with van der Waals surface area (Å²) in [4.78, 5) is 1.38. The molecule has 0 bridgehead atoms. The normalized spacial score (nSPS) is 34.6. The molecule has 2 N–H and O–H groups in total. The number of rotatable bonds is 2. The fraction of sp³-hybridized carbons (Fsp3) is 0.692. The van der Waals surface area contributed by atoms with Crippen molar-refractivity contribution in [3.63, 3.8) is 0 Å². The van der Waals surface area contributed by atoms with Gasteiger partial charge in [-0.1, -0.05) is 12.8 Å². The first-order valence-electron chi connectivity index (χ1n) is 6.20. The maximum atomic E-state index is 6.43. The first-order valence-corrected chi connectivity index (χ1v) is 7.81. The van der Waals surface area contributed by atoms with Gasteiger partial charge in [-0.2, -0.15) is 0 Å². The van der Waals surface area contributed by atoms with E-state index in [-0.39, 0.29) is 0 Å². The topological polar surface area (TPSA) is 26.0 Å². The number of halogens is 1. The maximum absolute atomic E-state index is 6.43. The number of thiophene rings is 1. The fourth-order valence-electron chi connectivity index (χ4n) is 3.42. The SMILES string of the molecule is Cc1cc(C(N)C2C3CCCCC32)sc1Br. The molecule has 0 aromatic carbocycles. The van der Waals surface area contributed by atoms with E-state index in [1.807, 2.05) is 11.3 Å². The van der Waals surface area contributed by atoms with Gasteiger partial charge in [0.15, 0.2) is 0 Å². The van der Waals surface area contributed by atoms with Crippen LogP contribution in [0.25, 0.3) is 0 Å². The molecule has 0 spiro atoms. The van der Waals surface area contributed by atoms with Crippen LogP contribution in [0, 0.1) is 24.7 Å². The van der Waals surface area contributed by atoms with Crippen LogP contribution in [-0.2, 0) is 0 Å². The minimum absolute atomic E-state index is 0.295. The average molecular weight is 300 g/mol. The summed E-state index contributed by atoms with van der Waals surface area (Å²) in [7, 11) is 0. The zero-order chi connectivity index (χ0) is 11.3. The lowest BCUT2D eigenvalue weighted by Crippen LogP contribution is -2.12. The monoisotopic (exact) mass is 299 g/mol. The van der Waals surface area contributed by atoms with E-state index in [2.05, 4.69) is 28.9 Å². The van der Waals surface area contributed by atoms with Crippen molar-refractivity contribution in [2.24, 2.45) is 23.5 Å². The van der Waals surface area contributed by atoms with Crippen LogP contribution < -0.4 is 5.73 Å². The van der Waals surface area contributed by atoms with Crippen molar-refractivity contribution < 1.29 is 0 Å². The lowest BCUT2D eigenvalue weighted by molar-refractivity contribution is 0.480. The molecule has 0 aliphatic heterocycles. The Labute approximate surface area is 110 Å². The van der Waals surface area contributed by atoms with Crippen molar-refractivity contribution in [3.05, 3.63) is 20.3 Å². The standard InChI is InChI=1S/C13H18BrNS/c1-7-6-10(16-13(7)14)12(15)11-8-4-2-3-5-9(8)11/h6,8-9,11-12H,2-5,15H2,1H3. The summed E-state index contributed by atoms with van der Waals surface area (Å²) < 4.78 is 1.25.